The summed E-state index contributed by atoms with van der Waals surface area (Å²) < 4.78 is 48.7. The van der Waals surface area contributed by atoms with Gasteiger partial charge in [0.05, 0.1) is 11.6 Å². The Kier molecular flexibility index (Phi) is 7.19. The molecule has 3 aliphatic heterocycles. The molecule has 5 rings (SSSR count). The highest BCUT2D eigenvalue weighted by Gasteiger charge is 2.39. The third-order valence-corrected chi connectivity index (χ3v) is 7.17. The number of halogens is 3. The van der Waals surface area contributed by atoms with Gasteiger partial charge in [0.2, 0.25) is 11.8 Å². The van der Waals surface area contributed by atoms with E-state index in [0.717, 1.165) is 12.5 Å². The molecule has 3 aliphatic rings. The van der Waals surface area contributed by atoms with Gasteiger partial charge < -0.3 is 19.3 Å². The van der Waals surface area contributed by atoms with Crippen molar-refractivity contribution in [3.8, 4) is 11.5 Å². The molecule has 2 fully saturated rings. The van der Waals surface area contributed by atoms with Crippen molar-refractivity contribution in [2.24, 2.45) is 0 Å². The number of nitrogens with one attached hydrogen (secondary N) is 1. The lowest BCUT2D eigenvalue weighted by Crippen LogP contribution is -2.52. The van der Waals surface area contributed by atoms with Gasteiger partial charge in [0, 0.05) is 25.1 Å². The van der Waals surface area contributed by atoms with Crippen LogP contribution in [-0.2, 0) is 16.1 Å². The number of imide groups is 1. The summed E-state index contributed by atoms with van der Waals surface area (Å²) in [5, 5.41) is 2.27. The molecule has 0 aromatic heterocycles. The lowest BCUT2D eigenvalue weighted by atomic mass is 10.0. The third kappa shape index (κ3) is 5.69. The molecule has 9 nitrogen and oxygen atoms in total. The van der Waals surface area contributed by atoms with E-state index in [1.807, 2.05) is 0 Å². The van der Waals surface area contributed by atoms with E-state index in [-0.39, 0.29) is 49.4 Å². The first-order valence-electron chi connectivity index (χ1n) is 12.7. The molecule has 0 saturated carbocycles. The first-order chi connectivity index (χ1) is 18.6. The minimum absolute atomic E-state index is 0.109. The van der Waals surface area contributed by atoms with Crippen LogP contribution in [0.4, 0.5) is 13.2 Å². The molecule has 2 aromatic rings. The summed E-state index contributed by atoms with van der Waals surface area (Å²) in [6.45, 7) is 0.673. The Bertz CT molecular complexity index is 1310. The van der Waals surface area contributed by atoms with Crippen molar-refractivity contribution in [2.75, 3.05) is 13.2 Å². The lowest BCUT2D eigenvalue weighted by Gasteiger charge is -2.36. The second kappa shape index (κ2) is 10.6. The fourth-order valence-corrected chi connectivity index (χ4v) is 5.29. The molecule has 2 saturated heterocycles. The maximum absolute atomic E-state index is 13.3. The average molecular weight is 546 g/mol. The van der Waals surface area contributed by atoms with Crippen molar-refractivity contribution in [3.05, 3.63) is 59.2 Å². The third-order valence-electron chi connectivity index (χ3n) is 7.17. The molecule has 0 radical (unpaired) electrons. The number of para-hydroxylation sites is 1. The van der Waals surface area contributed by atoms with Crippen molar-refractivity contribution >= 4 is 23.6 Å². The van der Waals surface area contributed by atoms with Gasteiger partial charge in [0.25, 0.3) is 11.8 Å². The smallest absolute Gasteiger partial charge is 0.491 e. The fourth-order valence-electron chi connectivity index (χ4n) is 5.29. The Labute approximate surface area is 221 Å². The van der Waals surface area contributed by atoms with Crippen molar-refractivity contribution in [2.45, 2.75) is 57.1 Å². The normalized spacial score (nSPS) is 21.5. The largest absolute Gasteiger partial charge is 0.573 e. The van der Waals surface area contributed by atoms with Crippen LogP contribution in [0.15, 0.2) is 42.5 Å². The molecule has 0 aliphatic carbocycles. The van der Waals surface area contributed by atoms with E-state index in [9.17, 15) is 32.3 Å². The van der Waals surface area contributed by atoms with Crippen molar-refractivity contribution in [3.63, 3.8) is 0 Å². The molecule has 4 amide bonds. The van der Waals surface area contributed by atoms with E-state index in [1.165, 1.54) is 28.0 Å². The van der Waals surface area contributed by atoms with Crippen LogP contribution in [0.3, 0.4) is 0 Å². The molecule has 3 heterocycles. The number of carbonyl (C=O) groups is 4. The zero-order valence-electron chi connectivity index (χ0n) is 20.8. The molecule has 1 N–H and O–H groups in total. The van der Waals surface area contributed by atoms with Gasteiger partial charge in [0.1, 0.15) is 24.1 Å². The second-order valence-corrected chi connectivity index (χ2v) is 9.72. The molecule has 1 unspecified atom stereocenters. The van der Waals surface area contributed by atoms with Gasteiger partial charge >= 0.3 is 6.36 Å². The topological polar surface area (TPSA) is 105 Å². The van der Waals surface area contributed by atoms with Crippen molar-refractivity contribution in [1.29, 1.82) is 0 Å². The number of likely N-dealkylation sites (tertiary alicyclic amines) is 1. The van der Waals surface area contributed by atoms with Gasteiger partial charge in [-0.15, -0.1) is 13.2 Å². The summed E-state index contributed by atoms with van der Waals surface area (Å²) in [6.07, 6.45) is -2.35. The summed E-state index contributed by atoms with van der Waals surface area (Å²) in [7, 11) is 0. The summed E-state index contributed by atoms with van der Waals surface area (Å²) in [5.74, 6) is -1.80. The maximum atomic E-state index is 13.3. The predicted molar refractivity (Wildman–Crippen MR) is 130 cm³/mol. The van der Waals surface area contributed by atoms with Crippen LogP contribution >= 0.6 is 0 Å². The molecule has 2 atom stereocenters. The van der Waals surface area contributed by atoms with Gasteiger partial charge in [0.15, 0.2) is 0 Å². The number of fused-ring (bicyclic) bond motifs is 1. The SMILES string of the molecule is O=C1CCC(N2Cc3cc(OC[C@@H]4CCCCN4C(=O)c4ccccc4OC(F)(F)F)ccc3C2=O)C(=O)N1. The Morgan fingerprint density at radius 3 is 2.62 bits per heavy atom. The number of rotatable bonds is 6. The van der Waals surface area contributed by atoms with Crippen LogP contribution in [0.5, 0.6) is 11.5 Å². The number of carbonyl (C=O) groups excluding carboxylic acids is 4. The maximum Gasteiger partial charge on any atom is 0.573 e. The Balaban J connectivity index is 1.27. The number of piperidine rings is 2. The molecular weight excluding hydrogens is 519 g/mol. The summed E-state index contributed by atoms with van der Waals surface area (Å²) in [4.78, 5) is 52.9. The standard InChI is InChI=1S/C27H26F3N3O6/c28-27(29,30)39-22-7-2-1-6-20(22)26(37)32-12-4-3-5-17(32)15-38-18-8-9-19-16(13-18)14-33(25(19)36)21-10-11-23(34)31-24(21)35/h1-2,6-9,13,17,21H,3-5,10-12,14-15H2,(H,31,34,35)/t17-,21?/m0/s1. The molecule has 0 spiro atoms. The van der Waals surface area contributed by atoms with Crippen LogP contribution in [-0.4, -0.2) is 65.0 Å². The lowest BCUT2D eigenvalue weighted by molar-refractivity contribution is -0.274. The van der Waals surface area contributed by atoms with Crippen LogP contribution in [0.1, 0.15) is 58.4 Å². The van der Waals surface area contributed by atoms with Crippen LogP contribution < -0.4 is 14.8 Å². The Morgan fingerprint density at radius 2 is 1.85 bits per heavy atom. The molecule has 0 bridgehead atoms. The Hall–Kier alpha value is -4.09. The second-order valence-electron chi connectivity index (χ2n) is 9.72. The van der Waals surface area contributed by atoms with Crippen molar-refractivity contribution in [1.82, 2.24) is 15.1 Å². The number of benzene rings is 2. The van der Waals surface area contributed by atoms with Crippen molar-refractivity contribution < 1.29 is 41.8 Å². The number of amides is 4. The average Bonchev–Trinajstić information content (AvgIpc) is 3.22. The van der Waals surface area contributed by atoms with E-state index in [0.29, 0.717) is 36.3 Å². The van der Waals surface area contributed by atoms with E-state index < -0.39 is 30.0 Å². The monoisotopic (exact) mass is 545 g/mol. The quantitative estimate of drug-likeness (QED) is 0.558. The van der Waals surface area contributed by atoms with Crippen LogP contribution in [0, 0.1) is 0 Å². The zero-order chi connectivity index (χ0) is 27.7. The zero-order valence-corrected chi connectivity index (χ0v) is 20.8. The molecule has 12 heteroatoms. The number of hydrogen-bond donors (Lipinski definition) is 1. The van der Waals surface area contributed by atoms with E-state index >= 15 is 0 Å². The van der Waals surface area contributed by atoms with E-state index in [2.05, 4.69) is 10.1 Å². The predicted octanol–water partition coefficient (Wildman–Crippen LogP) is 3.42. The van der Waals surface area contributed by atoms with E-state index in [1.54, 1.807) is 18.2 Å². The highest BCUT2D eigenvalue weighted by Crippen LogP contribution is 2.32. The molecular formula is C27H26F3N3O6. The van der Waals surface area contributed by atoms with Crippen LogP contribution in [0.25, 0.3) is 0 Å². The summed E-state index contributed by atoms with van der Waals surface area (Å²) in [6, 6.07) is 9.13. The first-order valence-corrected chi connectivity index (χ1v) is 12.7. The first kappa shape index (κ1) is 26.5. The van der Waals surface area contributed by atoms with Gasteiger partial charge in [-0.25, -0.2) is 0 Å². The van der Waals surface area contributed by atoms with E-state index in [4.69, 9.17) is 4.74 Å². The number of ether oxygens (including phenoxy) is 2. The van der Waals surface area contributed by atoms with Gasteiger partial charge in [-0.3, -0.25) is 24.5 Å². The highest BCUT2D eigenvalue weighted by molar-refractivity contribution is 6.05. The molecule has 39 heavy (non-hydrogen) atoms. The van der Waals surface area contributed by atoms with Gasteiger partial charge in [-0.05, 0) is 61.6 Å². The van der Waals surface area contributed by atoms with Crippen LogP contribution in [0.2, 0.25) is 0 Å². The summed E-state index contributed by atoms with van der Waals surface area (Å²) in [5.41, 5.74) is 0.950. The molecule has 206 valence electrons. The van der Waals surface area contributed by atoms with Gasteiger partial charge in [-0.1, -0.05) is 12.1 Å². The number of alkyl halides is 3. The minimum Gasteiger partial charge on any atom is -0.491 e. The highest BCUT2D eigenvalue weighted by atomic mass is 19.4. The fraction of sp³-hybridized carbons (Fsp3) is 0.407. The van der Waals surface area contributed by atoms with Gasteiger partial charge in [-0.2, -0.15) is 0 Å². The summed E-state index contributed by atoms with van der Waals surface area (Å²) >= 11 is 0. The molecule has 2 aromatic carbocycles. The number of hydrogen-bond acceptors (Lipinski definition) is 6. The number of nitrogens with zero attached hydrogens (tertiary/aromatic N) is 2. The Morgan fingerprint density at radius 1 is 1.05 bits per heavy atom. The minimum atomic E-state index is -4.93.